The van der Waals surface area contributed by atoms with E-state index in [1.807, 2.05) is 38.1 Å². The summed E-state index contributed by atoms with van der Waals surface area (Å²) in [7, 11) is 0. The number of ether oxygens (including phenoxy) is 1. The number of oxazole rings is 1. The van der Waals surface area contributed by atoms with Gasteiger partial charge in [-0.3, -0.25) is 4.79 Å². The Morgan fingerprint density at radius 3 is 2.70 bits per heavy atom. The standard InChI is InChI=1S/C15H18N2O3/c1-3-19-13-6-4-12(5-7-13)8-14(18)16-10-15-17-9-11(2)20-15/h4-7,9H,3,8,10H2,1-2H3,(H,16,18). The molecule has 0 radical (unpaired) electrons. The highest BCUT2D eigenvalue weighted by Crippen LogP contribution is 2.12. The molecule has 5 nitrogen and oxygen atoms in total. The van der Waals surface area contributed by atoms with E-state index in [1.165, 1.54) is 0 Å². The zero-order valence-electron chi connectivity index (χ0n) is 11.7. The van der Waals surface area contributed by atoms with Gasteiger partial charge in [0, 0.05) is 0 Å². The Labute approximate surface area is 118 Å². The summed E-state index contributed by atoms with van der Waals surface area (Å²) in [5.41, 5.74) is 0.939. The lowest BCUT2D eigenvalue weighted by Gasteiger charge is -2.05. The van der Waals surface area contributed by atoms with Crippen molar-refractivity contribution in [2.75, 3.05) is 6.61 Å². The minimum Gasteiger partial charge on any atom is -0.494 e. The van der Waals surface area contributed by atoms with Crippen LogP contribution in [0.4, 0.5) is 0 Å². The Hall–Kier alpha value is -2.30. The van der Waals surface area contributed by atoms with Crippen LogP contribution in [0.3, 0.4) is 0 Å². The molecule has 0 saturated carbocycles. The molecule has 1 N–H and O–H groups in total. The van der Waals surface area contributed by atoms with Crippen LogP contribution in [0.1, 0.15) is 24.1 Å². The zero-order valence-corrected chi connectivity index (χ0v) is 11.7. The van der Waals surface area contributed by atoms with Crippen molar-refractivity contribution >= 4 is 5.91 Å². The van der Waals surface area contributed by atoms with Crippen molar-refractivity contribution in [3.63, 3.8) is 0 Å². The fraction of sp³-hybridized carbons (Fsp3) is 0.333. The lowest BCUT2D eigenvalue weighted by molar-refractivity contribution is -0.120. The quantitative estimate of drug-likeness (QED) is 0.877. The van der Waals surface area contributed by atoms with E-state index in [2.05, 4.69) is 10.3 Å². The molecule has 20 heavy (non-hydrogen) atoms. The van der Waals surface area contributed by atoms with E-state index in [1.54, 1.807) is 6.20 Å². The normalized spacial score (nSPS) is 10.3. The number of amides is 1. The first kappa shape index (κ1) is 14.1. The highest BCUT2D eigenvalue weighted by atomic mass is 16.5. The molecule has 0 aliphatic heterocycles. The van der Waals surface area contributed by atoms with E-state index in [0.29, 0.717) is 25.5 Å². The summed E-state index contributed by atoms with van der Waals surface area (Å²) in [6.45, 7) is 4.70. The van der Waals surface area contributed by atoms with Crippen LogP contribution in [0.2, 0.25) is 0 Å². The molecule has 0 aliphatic carbocycles. The lowest BCUT2D eigenvalue weighted by atomic mass is 10.1. The minimum atomic E-state index is -0.0648. The Bertz CT molecular complexity index is 561. The third kappa shape index (κ3) is 4.12. The van der Waals surface area contributed by atoms with Crippen molar-refractivity contribution in [1.82, 2.24) is 10.3 Å². The number of hydrogen-bond donors (Lipinski definition) is 1. The van der Waals surface area contributed by atoms with Crippen molar-refractivity contribution in [1.29, 1.82) is 0 Å². The fourth-order valence-electron chi connectivity index (χ4n) is 1.78. The van der Waals surface area contributed by atoms with Gasteiger partial charge in [0.25, 0.3) is 0 Å². The van der Waals surface area contributed by atoms with E-state index < -0.39 is 0 Å². The van der Waals surface area contributed by atoms with Gasteiger partial charge >= 0.3 is 0 Å². The van der Waals surface area contributed by atoms with E-state index in [9.17, 15) is 4.79 Å². The summed E-state index contributed by atoms with van der Waals surface area (Å²) in [5, 5.41) is 2.77. The predicted molar refractivity (Wildman–Crippen MR) is 74.4 cm³/mol. The number of aryl methyl sites for hydroxylation is 1. The fourth-order valence-corrected chi connectivity index (χ4v) is 1.78. The molecule has 0 spiro atoms. The minimum absolute atomic E-state index is 0.0648. The molecular weight excluding hydrogens is 256 g/mol. The molecule has 1 heterocycles. The number of carbonyl (C=O) groups is 1. The van der Waals surface area contributed by atoms with Crippen LogP contribution in [0, 0.1) is 6.92 Å². The molecule has 106 valence electrons. The van der Waals surface area contributed by atoms with Crippen LogP contribution in [0.15, 0.2) is 34.9 Å². The van der Waals surface area contributed by atoms with E-state index in [-0.39, 0.29) is 5.91 Å². The van der Waals surface area contributed by atoms with Gasteiger partial charge < -0.3 is 14.5 Å². The largest absolute Gasteiger partial charge is 0.494 e. The Morgan fingerprint density at radius 1 is 1.35 bits per heavy atom. The van der Waals surface area contributed by atoms with Crippen molar-refractivity contribution in [3.05, 3.63) is 47.7 Å². The summed E-state index contributed by atoms with van der Waals surface area (Å²) in [6.07, 6.45) is 1.96. The van der Waals surface area contributed by atoms with Crippen molar-refractivity contribution in [2.24, 2.45) is 0 Å². The first-order chi connectivity index (χ1) is 9.67. The lowest BCUT2D eigenvalue weighted by Crippen LogP contribution is -2.24. The molecule has 1 aromatic heterocycles. The number of rotatable bonds is 6. The molecule has 2 aromatic rings. The average molecular weight is 274 g/mol. The molecule has 0 saturated heterocycles. The third-order valence-corrected chi connectivity index (χ3v) is 2.70. The topological polar surface area (TPSA) is 64.4 Å². The first-order valence-corrected chi connectivity index (χ1v) is 6.57. The number of benzene rings is 1. The van der Waals surface area contributed by atoms with Crippen LogP contribution in [0.25, 0.3) is 0 Å². The highest BCUT2D eigenvalue weighted by Gasteiger charge is 2.06. The summed E-state index contributed by atoms with van der Waals surface area (Å²) in [6, 6.07) is 7.51. The first-order valence-electron chi connectivity index (χ1n) is 6.57. The van der Waals surface area contributed by atoms with Gasteiger partial charge in [-0.05, 0) is 31.5 Å². The van der Waals surface area contributed by atoms with Gasteiger partial charge in [0.15, 0.2) is 0 Å². The maximum Gasteiger partial charge on any atom is 0.224 e. The molecule has 0 bridgehead atoms. The molecule has 1 amide bonds. The number of hydrogen-bond acceptors (Lipinski definition) is 4. The zero-order chi connectivity index (χ0) is 14.4. The number of nitrogens with zero attached hydrogens (tertiary/aromatic N) is 1. The smallest absolute Gasteiger partial charge is 0.224 e. The van der Waals surface area contributed by atoms with Crippen LogP contribution in [-0.4, -0.2) is 17.5 Å². The molecule has 0 atom stereocenters. The van der Waals surface area contributed by atoms with E-state index in [0.717, 1.165) is 17.1 Å². The average Bonchev–Trinajstić information content (AvgIpc) is 2.85. The molecule has 0 fully saturated rings. The maximum atomic E-state index is 11.8. The van der Waals surface area contributed by atoms with E-state index >= 15 is 0 Å². The maximum absolute atomic E-state index is 11.8. The van der Waals surface area contributed by atoms with Gasteiger partial charge in [-0.1, -0.05) is 12.1 Å². The Kier molecular flexibility index (Phi) is 4.76. The molecule has 2 rings (SSSR count). The van der Waals surface area contributed by atoms with Crippen LogP contribution >= 0.6 is 0 Å². The van der Waals surface area contributed by atoms with Gasteiger partial charge in [0.2, 0.25) is 11.8 Å². The molecule has 1 aromatic carbocycles. The van der Waals surface area contributed by atoms with Crippen LogP contribution in [0.5, 0.6) is 5.75 Å². The van der Waals surface area contributed by atoms with E-state index in [4.69, 9.17) is 9.15 Å². The predicted octanol–water partition coefficient (Wildman–Crippen LogP) is 2.24. The molecule has 5 heteroatoms. The second-order valence-corrected chi connectivity index (χ2v) is 4.40. The van der Waals surface area contributed by atoms with Crippen molar-refractivity contribution < 1.29 is 13.9 Å². The molecular formula is C15H18N2O3. The Balaban J connectivity index is 1.81. The van der Waals surface area contributed by atoms with Crippen LogP contribution < -0.4 is 10.1 Å². The summed E-state index contributed by atoms with van der Waals surface area (Å²) in [4.78, 5) is 15.8. The van der Waals surface area contributed by atoms with Gasteiger partial charge in [0.1, 0.15) is 11.5 Å². The van der Waals surface area contributed by atoms with Gasteiger partial charge in [-0.25, -0.2) is 4.98 Å². The molecule has 0 unspecified atom stereocenters. The number of carbonyl (C=O) groups excluding carboxylic acids is 1. The van der Waals surface area contributed by atoms with Gasteiger partial charge in [0.05, 0.1) is 25.8 Å². The van der Waals surface area contributed by atoms with Crippen molar-refractivity contribution in [3.8, 4) is 5.75 Å². The van der Waals surface area contributed by atoms with Gasteiger partial charge in [-0.15, -0.1) is 0 Å². The Morgan fingerprint density at radius 2 is 2.10 bits per heavy atom. The highest BCUT2D eigenvalue weighted by molar-refractivity contribution is 5.78. The third-order valence-electron chi connectivity index (χ3n) is 2.70. The number of aromatic nitrogens is 1. The second kappa shape index (κ2) is 6.75. The SMILES string of the molecule is CCOc1ccc(CC(=O)NCc2ncc(C)o2)cc1. The van der Waals surface area contributed by atoms with Crippen molar-refractivity contribution in [2.45, 2.75) is 26.8 Å². The second-order valence-electron chi connectivity index (χ2n) is 4.40. The monoisotopic (exact) mass is 274 g/mol. The summed E-state index contributed by atoms with van der Waals surface area (Å²) < 4.78 is 10.6. The summed E-state index contributed by atoms with van der Waals surface area (Å²) in [5.74, 6) is 2.00. The summed E-state index contributed by atoms with van der Waals surface area (Å²) >= 11 is 0. The van der Waals surface area contributed by atoms with Gasteiger partial charge in [-0.2, -0.15) is 0 Å². The molecule has 0 aliphatic rings. The van der Waals surface area contributed by atoms with Crippen LogP contribution in [-0.2, 0) is 17.8 Å². The number of nitrogens with one attached hydrogen (secondary N) is 1.